The molecule has 5 N–H and O–H groups in total. The molecule has 6 atom stereocenters. The van der Waals surface area contributed by atoms with Crippen molar-refractivity contribution in [3.05, 3.63) is 65.5 Å². The van der Waals surface area contributed by atoms with Gasteiger partial charge >= 0.3 is 7.82 Å². The molecule has 13 nitrogen and oxygen atoms in total. The molecule has 0 amide bonds. The lowest BCUT2D eigenvalue weighted by molar-refractivity contribution is -0.0690. The van der Waals surface area contributed by atoms with Gasteiger partial charge in [-0.3, -0.25) is 9.05 Å². The van der Waals surface area contributed by atoms with Crippen LogP contribution in [0.25, 0.3) is 5.52 Å². The second-order valence-electron chi connectivity index (χ2n) is 14.9. The molecule has 3 aromatic rings. The minimum atomic E-state index is -4.82. The Hall–Kier alpha value is -3.03. The number of unbranched alkanes of at least 4 members (excludes halogenated alkanes) is 15. The lowest BCUT2D eigenvalue weighted by atomic mass is 9.92. The number of phosphoric acid groups is 1. The molecule has 0 aliphatic carbocycles. The van der Waals surface area contributed by atoms with Crippen LogP contribution in [0.4, 0.5) is 14.5 Å². The molecule has 2 aromatic heterocycles. The van der Waals surface area contributed by atoms with Gasteiger partial charge in [-0.2, -0.15) is 10.4 Å². The monoisotopic (exact) mass is 822 g/mol. The average molecular weight is 823 g/mol. The molecule has 318 valence electrons. The molecule has 1 saturated heterocycles. The van der Waals surface area contributed by atoms with Crippen molar-refractivity contribution in [2.45, 2.75) is 146 Å². The first-order valence-corrected chi connectivity index (χ1v) is 21.9. The van der Waals surface area contributed by atoms with Crippen LogP contribution in [0.1, 0.15) is 121 Å². The Balaban J connectivity index is 1.18. The number of hydrogen-bond acceptors (Lipinski definition) is 11. The minimum Gasteiger partial charge on any atom is -0.397 e. The summed E-state index contributed by atoms with van der Waals surface area (Å²) in [7, 11) is -4.82. The van der Waals surface area contributed by atoms with Crippen molar-refractivity contribution in [1.82, 2.24) is 9.61 Å². The fraction of sp³-hybridized carbons (Fsp3) is 0.659. The summed E-state index contributed by atoms with van der Waals surface area (Å²) in [6.07, 6.45) is 15.6. The predicted molar refractivity (Wildman–Crippen MR) is 211 cm³/mol. The van der Waals surface area contributed by atoms with Crippen LogP contribution in [-0.4, -0.2) is 75.6 Å². The SMILES string of the molecule is CCCCCCCCCCCCCCCCCCOC[C@H](COP(=O)(O)OC[C@H]1O[C@@](C#N)(c2ccc3c(N)ccnn23)[C@H](O)[C@@H]1O)OCc1ccc(F)c(F)c1. The molecular weight excluding hydrogens is 761 g/mol. The molecule has 0 bridgehead atoms. The molecular formula is C41H61F2N4O9P. The molecule has 0 spiro atoms. The number of aromatic nitrogens is 2. The lowest BCUT2D eigenvalue weighted by Crippen LogP contribution is -2.41. The van der Waals surface area contributed by atoms with E-state index in [4.69, 9.17) is 29.0 Å². The quantitative estimate of drug-likeness (QED) is 0.0390. The Morgan fingerprint density at radius 2 is 1.54 bits per heavy atom. The number of nitrogens with zero attached hydrogens (tertiary/aromatic N) is 3. The Morgan fingerprint density at radius 1 is 0.912 bits per heavy atom. The van der Waals surface area contributed by atoms with Crippen LogP contribution < -0.4 is 5.73 Å². The van der Waals surface area contributed by atoms with E-state index in [0.717, 1.165) is 31.4 Å². The maximum Gasteiger partial charge on any atom is 0.472 e. The largest absolute Gasteiger partial charge is 0.472 e. The van der Waals surface area contributed by atoms with Gasteiger partial charge in [0.1, 0.15) is 30.5 Å². The summed E-state index contributed by atoms with van der Waals surface area (Å²) in [6.45, 7) is 1.29. The van der Waals surface area contributed by atoms with Gasteiger partial charge in [0.25, 0.3) is 0 Å². The highest BCUT2D eigenvalue weighted by atomic mass is 31.2. The van der Waals surface area contributed by atoms with Gasteiger partial charge in [-0.05, 0) is 42.3 Å². The molecule has 4 rings (SSSR count). The van der Waals surface area contributed by atoms with Crippen LogP contribution in [0.3, 0.4) is 0 Å². The van der Waals surface area contributed by atoms with Gasteiger partial charge < -0.3 is 35.1 Å². The van der Waals surface area contributed by atoms with Crippen LogP contribution >= 0.6 is 7.82 Å². The Morgan fingerprint density at radius 3 is 2.16 bits per heavy atom. The standard InChI is InChI=1S/C41H61F2N4O9P/c1-2-3-4-5-6-7-8-9-10-11-12-13-14-15-16-17-24-52-27-32(53-26-31-18-19-33(42)34(43)25-31)28-54-57(50,51)55-29-37-39(48)40(49)41(30-44,56-37)38-21-20-36-35(45)22-23-46-47(36)38/h18-23,25,32,37,39-40,48-49H,2-17,24,26-29,45H2,1H3,(H,50,51)/t32-,37-,39-,40-,41+/m1/s1. The van der Waals surface area contributed by atoms with Gasteiger partial charge in [-0.1, -0.05) is 109 Å². The third kappa shape index (κ3) is 14.3. The number of benzene rings is 1. The fourth-order valence-corrected chi connectivity index (χ4v) is 7.74. The van der Waals surface area contributed by atoms with E-state index in [2.05, 4.69) is 12.0 Å². The molecule has 1 aliphatic rings. The lowest BCUT2D eigenvalue weighted by Gasteiger charge is -2.24. The number of rotatable bonds is 29. The first-order valence-electron chi connectivity index (χ1n) is 20.4. The molecule has 0 radical (unpaired) electrons. The summed E-state index contributed by atoms with van der Waals surface area (Å²) in [5, 5.41) is 36.1. The van der Waals surface area contributed by atoms with Crippen molar-refractivity contribution in [2.24, 2.45) is 0 Å². The van der Waals surface area contributed by atoms with Crippen LogP contribution in [0.5, 0.6) is 0 Å². The molecule has 1 aromatic carbocycles. The normalized spacial score (nSPS) is 21.2. The molecule has 16 heteroatoms. The second-order valence-corrected chi connectivity index (χ2v) is 16.3. The van der Waals surface area contributed by atoms with Gasteiger partial charge in [0.2, 0.25) is 5.60 Å². The zero-order chi connectivity index (χ0) is 41.1. The number of aliphatic hydroxyl groups is 2. The van der Waals surface area contributed by atoms with Gasteiger partial charge in [0, 0.05) is 12.8 Å². The topological polar surface area (TPSA) is 191 Å². The summed E-state index contributed by atoms with van der Waals surface area (Å²) < 4.78 is 69.3. The Bertz CT molecular complexity index is 1730. The van der Waals surface area contributed by atoms with Gasteiger partial charge in [-0.15, -0.1) is 0 Å². The minimum absolute atomic E-state index is 0.0203. The van der Waals surface area contributed by atoms with E-state index >= 15 is 0 Å². The third-order valence-corrected chi connectivity index (χ3v) is 11.3. The van der Waals surface area contributed by atoms with E-state index in [1.165, 1.54) is 106 Å². The number of aliphatic hydroxyl groups excluding tert-OH is 2. The van der Waals surface area contributed by atoms with Crippen molar-refractivity contribution >= 4 is 19.0 Å². The summed E-state index contributed by atoms with van der Waals surface area (Å²) >= 11 is 0. The molecule has 3 heterocycles. The maximum atomic E-state index is 13.8. The van der Waals surface area contributed by atoms with Crippen LogP contribution in [0.15, 0.2) is 42.6 Å². The highest BCUT2D eigenvalue weighted by molar-refractivity contribution is 7.47. The van der Waals surface area contributed by atoms with E-state index in [0.29, 0.717) is 23.4 Å². The average Bonchev–Trinajstić information content (AvgIpc) is 3.75. The molecule has 0 saturated carbocycles. The van der Waals surface area contributed by atoms with Crippen LogP contribution in [0, 0.1) is 23.0 Å². The number of nitrogen functional groups attached to an aromatic ring is 1. The van der Waals surface area contributed by atoms with Crippen molar-refractivity contribution in [3.63, 3.8) is 0 Å². The van der Waals surface area contributed by atoms with Crippen LogP contribution in [-0.2, 0) is 40.0 Å². The van der Waals surface area contributed by atoms with Gasteiger partial charge in [-0.25, -0.2) is 17.9 Å². The van der Waals surface area contributed by atoms with Crippen molar-refractivity contribution in [1.29, 1.82) is 5.26 Å². The van der Waals surface area contributed by atoms with E-state index in [1.807, 2.05) is 6.07 Å². The number of nitrogens with two attached hydrogens (primary N) is 1. The summed E-state index contributed by atoms with van der Waals surface area (Å²) in [5.41, 5.74) is 5.11. The maximum absolute atomic E-state index is 13.8. The van der Waals surface area contributed by atoms with Crippen molar-refractivity contribution in [3.8, 4) is 6.07 Å². The highest BCUT2D eigenvalue weighted by Crippen LogP contribution is 2.46. The summed E-state index contributed by atoms with van der Waals surface area (Å²) in [6, 6.07) is 9.85. The third-order valence-electron chi connectivity index (χ3n) is 10.3. The van der Waals surface area contributed by atoms with Crippen molar-refractivity contribution in [2.75, 3.05) is 32.2 Å². The Kier molecular flexibility index (Phi) is 19.8. The summed E-state index contributed by atoms with van der Waals surface area (Å²) in [4.78, 5) is 10.5. The number of halogens is 2. The number of ether oxygens (including phenoxy) is 3. The number of anilines is 1. The van der Waals surface area contributed by atoms with E-state index in [-0.39, 0.29) is 18.9 Å². The van der Waals surface area contributed by atoms with E-state index < -0.39 is 62.7 Å². The van der Waals surface area contributed by atoms with E-state index in [1.54, 1.807) is 12.1 Å². The number of hydrogen-bond donors (Lipinski definition) is 4. The summed E-state index contributed by atoms with van der Waals surface area (Å²) in [5.74, 6) is -2.04. The second kappa shape index (κ2) is 24.1. The molecule has 1 aliphatic heterocycles. The van der Waals surface area contributed by atoms with Crippen LogP contribution in [0.2, 0.25) is 0 Å². The highest BCUT2D eigenvalue weighted by Gasteiger charge is 2.58. The van der Waals surface area contributed by atoms with E-state index in [9.17, 15) is 33.7 Å². The molecule has 1 unspecified atom stereocenters. The molecule has 57 heavy (non-hydrogen) atoms. The number of nitriles is 1. The van der Waals surface area contributed by atoms with Gasteiger partial charge in [0.15, 0.2) is 11.6 Å². The van der Waals surface area contributed by atoms with Crippen molar-refractivity contribution < 1.29 is 51.7 Å². The predicted octanol–water partition coefficient (Wildman–Crippen LogP) is 8.03. The first kappa shape index (κ1) is 46.7. The smallest absolute Gasteiger partial charge is 0.397 e. The Labute approximate surface area is 335 Å². The number of phosphoric ester groups is 1. The van der Waals surface area contributed by atoms with Gasteiger partial charge in [0.05, 0.1) is 43.3 Å². The zero-order valence-electron chi connectivity index (χ0n) is 33.1. The zero-order valence-corrected chi connectivity index (χ0v) is 34.0. The molecule has 1 fully saturated rings. The first-order chi connectivity index (χ1) is 27.5. The number of fused-ring (bicyclic) bond motifs is 1. The fourth-order valence-electron chi connectivity index (χ4n) is 6.97.